The van der Waals surface area contributed by atoms with Crippen molar-refractivity contribution >= 4 is 29.1 Å². The van der Waals surface area contributed by atoms with E-state index in [4.69, 9.17) is 17.3 Å². The lowest BCUT2D eigenvalue weighted by molar-refractivity contribution is -0.167. The zero-order valence-corrected chi connectivity index (χ0v) is 19.4. The van der Waals surface area contributed by atoms with E-state index in [1.54, 1.807) is 19.2 Å². The largest absolute Gasteiger partial charge is 0.508 e. The van der Waals surface area contributed by atoms with Crippen LogP contribution in [0.25, 0.3) is 0 Å². The minimum Gasteiger partial charge on any atom is -0.508 e. The average Bonchev–Trinajstić information content (AvgIpc) is 2.74. The molecule has 0 saturated heterocycles. The number of phenolic OH excluding ortho intramolecular Hbond substituents is 1. The summed E-state index contributed by atoms with van der Waals surface area (Å²) in [4.78, 5) is 40.2. The Labute approximate surface area is 201 Å². The van der Waals surface area contributed by atoms with Crippen molar-refractivity contribution in [3.8, 4) is 5.75 Å². The quantitative estimate of drug-likeness (QED) is 0.302. The van der Waals surface area contributed by atoms with Crippen molar-refractivity contribution in [3.63, 3.8) is 0 Å². The van der Waals surface area contributed by atoms with Crippen LogP contribution in [0.2, 0.25) is 5.02 Å². The highest BCUT2D eigenvalue weighted by molar-refractivity contribution is 6.32. The number of allylic oxidation sites excluding steroid dienone is 1. The summed E-state index contributed by atoms with van der Waals surface area (Å²) < 4.78 is 0. The Bertz CT molecular complexity index is 1150. The number of nitrogens with zero attached hydrogens (tertiary/aromatic N) is 1. The number of carbonyl (C=O) groups excluding carboxylic acids is 3. The van der Waals surface area contributed by atoms with Crippen LogP contribution < -0.4 is 5.73 Å². The van der Waals surface area contributed by atoms with Gasteiger partial charge in [0.25, 0.3) is 0 Å². The Balaban J connectivity index is 1.83. The third kappa shape index (κ3) is 3.46. The number of rotatable bonds is 5. The maximum Gasteiger partial charge on any atom is 0.230 e. The van der Waals surface area contributed by atoms with E-state index >= 15 is 0 Å². The van der Waals surface area contributed by atoms with Crippen molar-refractivity contribution < 1.29 is 34.8 Å². The summed E-state index contributed by atoms with van der Waals surface area (Å²) in [7, 11) is 1.80. The summed E-state index contributed by atoms with van der Waals surface area (Å²) in [5.41, 5.74) is 3.28. The Hall–Kier alpha value is -2.72. The molecule has 10 heteroatoms. The van der Waals surface area contributed by atoms with Crippen LogP contribution in [0.4, 0.5) is 0 Å². The van der Waals surface area contributed by atoms with E-state index in [1.807, 2.05) is 4.90 Å². The van der Waals surface area contributed by atoms with Gasteiger partial charge in [0.15, 0.2) is 17.2 Å². The molecule has 2 unspecified atom stereocenters. The summed E-state index contributed by atoms with van der Waals surface area (Å²) in [6.07, 6.45) is 0.408. The topological polar surface area (TPSA) is 161 Å². The molecular formula is C24H27ClN2O7. The van der Waals surface area contributed by atoms with E-state index in [0.29, 0.717) is 17.7 Å². The zero-order valence-electron chi connectivity index (χ0n) is 18.6. The number of carbonyl (C=O) groups is 3. The number of likely N-dealkylation sites (N-methyl/N-ethyl adjacent to an activating group) is 1. The summed E-state index contributed by atoms with van der Waals surface area (Å²) in [6.45, 7) is 4.47. The molecule has 0 bridgehead atoms. The second-order valence-corrected chi connectivity index (χ2v) is 9.85. The molecule has 0 aliphatic heterocycles. The fourth-order valence-corrected chi connectivity index (χ4v) is 6.00. The first-order valence-corrected chi connectivity index (χ1v) is 11.4. The van der Waals surface area contributed by atoms with E-state index < -0.39 is 52.7 Å². The van der Waals surface area contributed by atoms with Crippen molar-refractivity contribution in [3.05, 3.63) is 51.8 Å². The van der Waals surface area contributed by atoms with Crippen LogP contribution in [-0.4, -0.2) is 68.1 Å². The van der Waals surface area contributed by atoms with E-state index in [2.05, 4.69) is 6.58 Å². The SMILES string of the molecule is C=CCN(C)Cc1cc(Cl)c2c(c1O)C(=O)C1=C(O)[C@]3(O)C(=O)C(C(N)=O)C(O)C[C@@H]3C[C@@H]1C2. The lowest BCUT2D eigenvalue weighted by Gasteiger charge is -2.48. The molecule has 1 aromatic carbocycles. The first-order valence-electron chi connectivity index (χ1n) is 11.0. The molecule has 3 aliphatic rings. The number of aliphatic hydroxyl groups excluding tert-OH is 2. The molecule has 1 aromatic rings. The molecule has 5 atom stereocenters. The van der Waals surface area contributed by atoms with Crippen molar-refractivity contribution in [2.75, 3.05) is 13.6 Å². The van der Waals surface area contributed by atoms with Gasteiger partial charge in [0, 0.05) is 35.2 Å². The third-order valence-electron chi connectivity index (χ3n) is 7.29. The van der Waals surface area contributed by atoms with Gasteiger partial charge in [-0.15, -0.1) is 6.58 Å². The van der Waals surface area contributed by atoms with Gasteiger partial charge in [-0.1, -0.05) is 17.7 Å². The Morgan fingerprint density at radius 1 is 1.35 bits per heavy atom. The highest BCUT2D eigenvalue weighted by Gasteiger charge is 2.62. The number of nitrogens with two attached hydrogens (primary N) is 1. The molecule has 0 spiro atoms. The molecule has 0 radical (unpaired) electrons. The maximum atomic E-state index is 13.6. The van der Waals surface area contributed by atoms with Gasteiger partial charge in [-0.2, -0.15) is 0 Å². The molecule has 1 saturated carbocycles. The molecule has 182 valence electrons. The van der Waals surface area contributed by atoms with Crippen LogP contribution in [0.1, 0.15) is 34.3 Å². The maximum absolute atomic E-state index is 13.6. The van der Waals surface area contributed by atoms with Gasteiger partial charge in [0.05, 0.1) is 11.7 Å². The number of amides is 1. The van der Waals surface area contributed by atoms with Crippen molar-refractivity contribution in [2.45, 2.75) is 37.5 Å². The molecular weight excluding hydrogens is 464 g/mol. The lowest BCUT2D eigenvalue weighted by Crippen LogP contribution is -2.63. The number of phenols is 1. The smallest absolute Gasteiger partial charge is 0.230 e. The minimum absolute atomic E-state index is 0.0795. The van der Waals surface area contributed by atoms with Gasteiger partial charge in [-0.3, -0.25) is 19.3 Å². The summed E-state index contributed by atoms with van der Waals surface area (Å²) in [5.74, 6) is -7.35. The summed E-state index contributed by atoms with van der Waals surface area (Å²) in [5, 5.41) is 43.9. The van der Waals surface area contributed by atoms with Gasteiger partial charge in [0.1, 0.15) is 17.4 Å². The number of aromatic hydroxyl groups is 1. The van der Waals surface area contributed by atoms with Crippen LogP contribution in [-0.2, 0) is 22.6 Å². The van der Waals surface area contributed by atoms with Gasteiger partial charge in [0.2, 0.25) is 5.91 Å². The van der Waals surface area contributed by atoms with Gasteiger partial charge in [-0.25, -0.2) is 0 Å². The highest BCUT2D eigenvalue weighted by atomic mass is 35.5. The second-order valence-electron chi connectivity index (χ2n) is 9.44. The minimum atomic E-state index is -2.53. The number of hydrogen-bond donors (Lipinski definition) is 5. The molecule has 1 amide bonds. The Morgan fingerprint density at radius 2 is 2.03 bits per heavy atom. The van der Waals surface area contributed by atoms with Crippen molar-refractivity contribution in [1.82, 2.24) is 4.90 Å². The molecule has 34 heavy (non-hydrogen) atoms. The van der Waals surface area contributed by atoms with Gasteiger partial charge < -0.3 is 26.2 Å². The Morgan fingerprint density at radius 3 is 2.65 bits per heavy atom. The predicted molar refractivity (Wildman–Crippen MR) is 122 cm³/mol. The van der Waals surface area contributed by atoms with Crippen molar-refractivity contribution in [2.24, 2.45) is 23.5 Å². The molecule has 4 rings (SSSR count). The average molecular weight is 491 g/mol. The number of ketones is 2. The van der Waals surface area contributed by atoms with Crippen LogP contribution >= 0.6 is 11.6 Å². The zero-order chi connectivity index (χ0) is 25.1. The first kappa shape index (κ1) is 24.4. The van der Waals surface area contributed by atoms with Crippen LogP contribution in [0.15, 0.2) is 30.1 Å². The number of benzene rings is 1. The van der Waals surface area contributed by atoms with Gasteiger partial charge >= 0.3 is 0 Å². The number of primary amides is 1. The van der Waals surface area contributed by atoms with Crippen molar-refractivity contribution in [1.29, 1.82) is 0 Å². The van der Waals surface area contributed by atoms with E-state index in [0.717, 1.165) is 0 Å². The fraction of sp³-hybridized carbons (Fsp3) is 0.458. The predicted octanol–water partition coefficient (Wildman–Crippen LogP) is 1.02. The molecule has 0 aromatic heterocycles. The number of fused-ring (bicyclic) bond motifs is 3. The van der Waals surface area contributed by atoms with Crippen LogP contribution in [0.5, 0.6) is 5.75 Å². The van der Waals surface area contributed by atoms with Crippen LogP contribution in [0, 0.1) is 17.8 Å². The molecule has 9 nitrogen and oxygen atoms in total. The normalized spacial score (nSPS) is 30.6. The van der Waals surface area contributed by atoms with E-state index in [1.165, 1.54) is 0 Å². The number of Topliss-reactive ketones (excluding diaryl/α,β-unsaturated/α-hetero) is 2. The molecule has 0 heterocycles. The number of aliphatic hydroxyl groups is 3. The number of hydrogen-bond acceptors (Lipinski definition) is 8. The number of halogens is 1. The lowest BCUT2D eigenvalue weighted by atomic mass is 9.58. The monoisotopic (exact) mass is 490 g/mol. The van der Waals surface area contributed by atoms with Crippen LogP contribution in [0.3, 0.4) is 0 Å². The molecule has 3 aliphatic carbocycles. The van der Waals surface area contributed by atoms with E-state index in [9.17, 15) is 34.8 Å². The standard InChI is InChI=1S/C24H27ClN2O7/c1-3-4-27(2)9-11-7-14(25)13-6-10-5-12-8-15(28)18(23(26)33)22(32)24(12,34)21(31)16(10)20(30)17(13)19(11)29/h3,7,10,12,15,18,28-29,31,34H,1,4-6,8-9H2,2H3,(H2,26,33)/t10-,12+,15?,18?,24+/m1/s1. The summed E-state index contributed by atoms with van der Waals surface area (Å²) >= 11 is 6.50. The molecule has 6 N–H and O–H groups in total. The Kier molecular flexibility index (Phi) is 6.10. The highest BCUT2D eigenvalue weighted by Crippen LogP contribution is 2.52. The summed E-state index contributed by atoms with van der Waals surface area (Å²) in [6, 6.07) is 1.60. The third-order valence-corrected chi connectivity index (χ3v) is 7.63. The first-order chi connectivity index (χ1) is 15.9. The fourth-order valence-electron chi connectivity index (χ4n) is 5.70. The van der Waals surface area contributed by atoms with Gasteiger partial charge in [-0.05, 0) is 43.9 Å². The molecule has 1 fully saturated rings. The second kappa shape index (κ2) is 8.49. The van der Waals surface area contributed by atoms with E-state index in [-0.39, 0.29) is 47.7 Å².